The van der Waals surface area contributed by atoms with Gasteiger partial charge in [-0.15, -0.1) is 0 Å². The minimum atomic E-state index is -3.01. The van der Waals surface area contributed by atoms with Crippen LogP contribution in [0.15, 0.2) is 53.1 Å². The summed E-state index contributed by atoms with van der Waals surface area (Å²) >= 11 is 0. The van der Waals surface area contributed by atoms with Crippen molar-refractivity contribution in [2.45, 2.75) is 25.6 Å². The van der Waals surface area contributed by atoms with Gasteiger partial charge in [0.2, 0.25) is 5.91 Å². The summed E-state index contributed by atoms with van der Waals surface area (Å²) in [5.41, 5.74) is 1.11. The highest BCUT2D eigenvalue weighted by atomic mass is 32.2. The Morgan fingerprint density at radius 2 is 1.92 bits per heavy atom. The van der Waals surface area contributed by atoms with Gasteiger partial charge in [0.1, 0.15) is 5.76 Å². The second-order valence-corrected chi connectivity index (χ2v) is 9.00. The maximum absolute atomic E-state index is 12.7. The summed E-state index contributed by atoms with van der Waals surface area (Å²) in [6.45, 7) is 1.34. The maximum Gasteiger partial charge on any atom is 0.236 e. The number of nitrogens with zero attached hydrogens (tertiary/aromatic N) is 2. The van der Waals surface area contributed by atoms with Crippen molar-refractivity contribution in [2.24, 2.45) is 0 Å². The summed E-state index contributed by atoms with van der Waals surface area (Å²) in [5, 5.41) is 0. The van der Waals surface area contributed by atoms with Crippen LogP contribution in [-0.2, 0) is 27.7 Å². The van der Waals surface area contributed by atoms with E-state index in [1.807, 2.05) is 47.4 Å². The van der Waals surface area contributed by atoms with Gasteiger partial charge in [0.15, 0.2) is 9.84 Å². The van der Waals surface area contributed by atoms with Crippen LogP contribution in [0.2, 0.25) is 0 Å². The molecule has 1 aromatic heterocycles. The molecule has 1 fully saturated rings. The van der Waals surface area contributed by atoms with Gasteiger partial charge in [-0.3, -0.25) is 9.69 Å². The first kappa shape index (κ1) is 18.7. The number of carbonyl (C=O) groups excluding carboxylic acids is 1. The lowest BCUT2D eigenvalue weighted by atomic mass is 10.2. The minimum Gasteiger partial charge on any atom is -0.468 e. The fourth-order valence-electron chi connectivity index (χ4n) is 3.22. The summed E-state index contributed by atoms with van der Waals surface area (Å²) < 4.78 is 28.8. The first-order valence-corrected chi connectivity index (χ1v) is 10.5. The molecule has 0 bridgehead atoms. The average Bonchev–Trinajstić information content (AvgIpc) is 3.24. The molecule has 0 spiro atoms. The zero-order valence-electron chi connectivity index (χ0n) is 14.9. The lowest BCUT2D eigenvalue weighted by Crippen LogP contribution is -2.43. The Kier molecular flexibility index (Phi) is 5.78. The van der Waals surface area contributed by atoms with Gasteiger partial charge in [0, 0.05) is 19.6 Å². The minimum absolute atomic E-state index is 0.0616. The van der Waals surface area contributed by atoms with Crippen molar-refractivity contribution in [1.82, 2.24) is 9.80 Å². The van der Waals surface area contributed by atoms with E-state index < -0.39 is 9.84 Å². The number of carbonyl (C=O) groups is 1. The van der Waals surface area contributed by atoms with Crippen molar-refractivity contribution in [1.29, 1.82) is 0 Å². The van der Waals surface area contributed by atoms with Crippen LogP contribution < -0.4 is 0 Å². The molecule has 3 rings (SSSR count). The van der Waals surface area contributed by atoms with E-state index in [4.69, 9.17) is 4.42 Å². The van der Waals surface area contributed by atoms with Crippen molar-refractivity contribution in [3.05, 3.63) is 60.1 Å². The van der Waals surface area contributed by atoms with Gasteiger partial charge in [0.25, 0.3) is 0 Å². The third-order valence-corrected chi connectivity index (χ3v) is 6.47. The quantitative estimate of drug-likeness (QED) is 0.738. The van der Waals surface area contributed by atoms with Crippen LogP contribution in [0, 0.1) is 0 Å². The normalized spacial score (nSPS) is 18.9. The Labute approximate surface area is 154 Å². The van der Waals surface area contributed by atoms with Crippen LogP contribution in [0.3, 0.4) is 0 Å². The second kappa shape index (κ2) is 8.05. The smallest absolute Gasteiger partial charge is 0.236 e. The maximum atomic E-state index is 12.7. The molecule has 0 saturated carbocycles. The standard InChI is InChI=1S/C19H24N2O4S/c1-20(17-9-11-26(23,24)15-17)19(22)14-21(13-18-8-5-10-25-18)12-16-6-3-2-4-7-16/h2-8,10,17H,9,11-15H2,1H3. The van der Waals surface area contributed by atoms with E-state index in [-0.39, 0.29) is 30.0 Å². The summed E-state index contributed by atoms with van der Waals surface area (Å²) in [6.07, 6.45) is 2.13. The number of furan rings is 1. The van der Waals surface area contributed by atoms with Crippen molar-refractivity contribution in [3.63, 3.8) is 0 Å². The van der Waals surface area contributed by atoms with Gasteiger partial charge in [-0.2, -0.15) is 0 Å². The zero-order valence-corrected chi connectivity index (χ0v) is 15.7. The van der Waals surface area contributed by atoms with Crippen LogP contribution in [0.4, 0.5) is 0 Å². The lowest BCUT2D eigenvalue weighted by molar-refractivity contribution is -0.133. The molecule has 1 unspecified atom stereocenters. The number of amides is 1. The van der Waals surface area contributed by atoms with Gasteiger partial charge in [0.05, 0.1) is 30.9 Å². The fraction of sp³-hybridized carbons (Fsp3) is 0.421. The molecule has 140 valence electrons. The number of rotatable bonds is 7. The highest BCUT2D eigenvalue weighted by Gasteiger charge is 2.33. The van der Waals surface area contributed by atoms with E-state index in [1.54, 1.807) is 18.2 Å². The first-order valence-electron chi connectivity index (χ1n) is 8.68. The molecular weight excluding hydrogens is 352 g/mol. The molecule has 0 N–H and O–H groups in total. The molecule has 7 heteroatoms. The van der Waals surface area contributed by atoms with E-state index in [2.05, 4.69) is 0 Å². The number of hydrogen-bond acceptors (Lipinski definition) is 5. The monoisotopic (exact) mass is 376 g/mol. The van der Waals surface area contributed by atoms with Gasteiger partial charge in [-0.05, 0) is 24.1 Å². The fourth-order valence-corrected chi connectivity index (χ4v) is 4.99. The summed E-state index contributed by atoms with van der Waals surface area (Å²) in [6, 6.07) is 13.4. The number of hydrogen-bond donors (Lipinski definition) is 0. The number of likely N-dealkylation sites (N-methyl/N-ethyl adjacent to an activating group) is 1. The van der Waals surface area contributed by atoms with Crippen LogP contribution >= 0.6 is 0 Å². The molecule has 1 saturated heterocycles. The molecule has 0 radical (unpaired) electrons. The van der Waals surface area contributed by atoms with Gasteiger partial charge < -0.3 is 9.32 Å². The van der Waals surface area contributed by atoms with Crippen LogP contribution in [-0.4, -0.2) is 55.3 Å². The van der Waals surface area contributed by atoms with E-state index >= 15 is 0 Å². The topological polar surface area (TPSA) is 70.8 Å². The molecule has 1 amide bonds. The average molecular weight is 376 g/mol. The van der Waals surface area contributed by atoms with Crippen molar-refractivity contribution < 1.29 is 17.6 Å². The van der Waals surface area contributed by atoms with Crippen LogP contribution in [0.5, 0.6) is 0 Å². The Hall–Kier alpha value is -2.12. The molecule has 0 aliphatic carbocycles. The Bertz CT molecular complexity index is 818. The van der Waals surface area contributed by atoms with E-state index in [1.165, 1.54) is 0 Å². The highest BCUT2D eigenvalue weighted by molar-refractivity contribution is 7.91. The third-order valence-electron chi connectivity index (χ3n) is 4.72. The van der Waals surface area contributed by atoms with E-state index in [0.717, 1.165) is 11.3 Å². The molecule has 1 aliphatic heterocycles. The predicted octanol–water partition coefficient (Wildman–Crippen LogP) is 1.93. The van der Waals surface area contributed by atoms with E-state index in [0.29, 0.717) is 19.5 Å². The molecule has 2 aromatic rings. The molecule has 1 aromatic carbocycles. The molecule has 6 nitrogen and oxygen atoms in total. The van der Waals surface area contributed by atoms with Crippen LogP contribution in [0.1, 0.15) is 17.7 Å². The Balaban J connectivity index is 1.67. The molecule has 1 atom stereocenters. The van der Waals surface area contributed by atoms with Crippen molar-refractivity contribution in [2.75, 3.05) is 25.1 Å². The molecular formula is C19H24N2O4S. The first-order chi connectivity index (χ1) is 12.4. The summed E-state index contributed by atoms with van der Waals surface area (Å²) in [4.78, 5) is 16.3. The van der Waals surface area contributed by atoms with Crippen molar-refractivity contribution >= 4 is 15.7 Å². The Morgan fingerprint density at radius 3 is 2.54 bits per heavy atom. The number of benzene rings is 1. The van der Waals surface area contributed by atoms with Gasteiger partial charge in [-0.25, -0.2) is 8.42 Å². The third kappa shape index (κ3) is 4.95. The van der Waals surface area contributed by atoms with Gasteiger partial charge >= 0.3 is 0 Å². The lowest BCUT2D eigenvalue weighted by Gasteiger charge is -2.27. The highest BCUT2D eigenvalue weighted by Crippen LogP contribution is 2.17. The molecule has 2 heterocycles. The molecule has 1 aliphatic rings. The van der Waals surface area contributed by atoms with E-state index in [9.17, 15) is 13.2 Å². The SMILES string of the molecule is CN(C(=O)CN(Cc1ccccc1)Cc1ccco1)C1CCS(=O)(=O)C1. The van der Waals surface area contributed by atoms with Gasteiger partial charge in [-0.1, -0.05) is 30.3 Å². The summed E-state index contributed by atoms with van der Waals surface area (Å²) in [5.74, 6) is 0.941. The summed E-state index contributed by atoms with van der Waals surface area (Å²) in [7, 11) is -1.32. The zero-order chi connectivity index (χ0) is 18.6. The largest absolute Gasteiger partial charge is 0.468 e. The Morgan fingerprint density at radius 1 is 1.15 bits per heavy atom. The van der Waals surface area contributed by atoms with Crippen molar-refractivity contribution in [3.8, 4) is 0 Å². The predicted molar refractivity (Wildman–Crippen MR) is 99.1 cm³/mol. The second-order valence-electron chi connectivity index (χ2n) is 6.77. The van der Waals surface area contributed by atoms with Crippen LogP contribution in [0.25, 0.3) is 0 Å². The molecule has 26 heavy (non-hydrogen) atoms. The number of sulfone groups is 1.